The summed E-state index contributed by atoms with van der Waals surface area (Å²) in [6.45, 7) is 4.61. The van der Waals surface area contributed by atoms with Crippen LogP contribution in [-0.2, 0) is 11.3 Å². The standard InChI is InChI=1S/C23H38N2O3/c1-25(21-8-3-2-4-9-21)17-22(26)18-28-23-10-6-5-7-20(23)16-24-15-19-11-13-27-14-12-19/h5-7,10,19,21-22,24,26H,2-4,8-9,11-18H2,1H3. The molecule has 1 aliphatic heterocycles. The Morgan fingerprint density at radius 1 is 1.14 bits per heavy atom. The van der Waals surface area contributed by atoms with Gasteiger partial charge in [0.05, 0.1) is 0 Å². The topological polar surface area (TPSA) is 54.0 Å². The highest BCUT2D eigenvalue weighted by atomic mass is 16.5. The van der Waals surface area contributed by atoms with Crippen molar-refractivity contribution in [3.05, 3.63) is 29.8 Å². The molecule has 1 aliphatic carbocycles. The van der Waals surface area contributed by atoms with E-state index < -0.39 is 6.10 Å². The maximum Gasteiger partial charge on any atom is 0.123 e. The lowest BCUT2D eigenvalue weighted by Gasteiger charge is -2.32. The van der Waals surface area contributed by atoms with E-state index in [2.05, 4.69) is 23.3 Å². The Labute approximate surface area is 170 Å². The van der Waals surface area contributed by atoms with Crippen LogP contribution in [0.1, 0.15) is 50.5 Å². The van der Waals surface area contributed by atoms with Crippen molar-refractivity contribution in [2.24, 2.45) is 5.92 Å². The van der Waals surface area contributed by atoms with Crippen molar-refractivity contribution in [2.75, 3.05) is 40.0 Å². The van der Waals surface area contributed by atoms with E-state index in [0.29, 0.717) is 25.1 Å². The second-order valence-electron chi connectivity index (χ2n) is 8.49. The molecule has 0 aromatic heterocycles. The lowest BCUT2D eigenvalue weighted by Crippen LogP contribution is -2.40. The zero-order valence-corrected chi connectivity index (χ0v) is 17.4. The molecule has 158 valence electrons. The smallest absolute Gasteiger partial charge is 0.123 e. The number of aliphatic hydroxyl groups excluding tert-OH is 1. The highest BCUT2D eigenvalue weighted by Crippen LogP contribution is 2.22. The number of para-hydroxylation sites is 1. The first-order valence-corrected chi connectivity index (χ1v) is 11.1. The average molecular weight is 391 g/mol. The third-order valence-corrected chi connectivity index (χ3v) is 6.19. The number of likely N-dealkylation sites (N-methyl/N-ethyl adjacent to an activating group) is 1. The highest BCUT2D eigenvalue weighted by molar-refractivity contribution is 5.33. The van der Waals surface area contributed by atoms with Crippen molar-refractivity contribution < 1.29 is 14.6 Å². The molecule has 1 saturated heterocycles. The van der Waals surface area contributed by atoms with E-state index >= 15 is 0 Å². The third kappa shape index (κ3) is 7.03. The summed E-state index contributed by atoms with van der Waals surface area (Å²) >= 11 is 0. The number of hydrogen-bond donors (Lipinski definition) is 2. The fraction of sp³-hybridized carbons (Fsp3) is 0.739. The minimum absolute atomic E-state index is 0.341. The molecular formula is C23H38N2O3. The Morgan fingerprint density at radius 2 is 1.89 bits per heavy atom. The summed E-state index contributed by atoms with van der Waals surface area (Å²) < 4.78 is 11.4. The van der Waals surface area contributed by atoms with Gasteiger partial charge in [0, 0.05) is 37.9 Å². The number of nitrogens with one attached hydrogen (secondary N) is 1. The minimum atomic E-state index is -0.463. The molecule has 1 aromatic rings. The van der Waals surface area contributed by atoms with E-state index in [1.54, 1.807) is 0 Å². The molecule has 2 fully saturated rings. The zero-order chi connectivity index (χ0) is 19.6. The molecule has 0 amide bonds. The zero-order valence-electron chi connectivity index (χ0n) is 17.4. The average Bonchev–Trinajstić information content (AvgIpc) is 2.74. The molecule has 1 unspecified atom stereocenters. The van der Waals surface area contributed by atoms with Crippen LogP contribution in [0.3, 0.4) is 0 Å². The van der Waals surface area contributed by atoms with Crippen molar-refractivity contribution >= 4 is 0 Å². The van der Waals surface area contributed by atoms with Gasteiger partial charge in [0.25, 0.3) is 0 Å². The van der Waals surface area contributed by atoms with E-state index in [1.807, 2.05) is 18.2 Å². The molecule has 5 heteroatoms. The molecule has 2 aliphatic rings. The fourth-order valence-corrected chi connectivity index (χ4v) is 4.39. The molecular weight excluding hydrogens is 352 g/mol. The van der Waals surface area contributed by atoms with Crippen LogP contribution in [0.2, 0.25) is 0 Å². The molecule has 1 atom stereocenters. The SMILES string of the molecule is CN(CC(O)COc1ccccc1CNCC1CCOCC1)C1CCCCC1. The van der Waals surface area contributed by atoms with Crippen molar-refractivity contribution in [1.82, 2.24) is 10.2 Å². The molecule has 0 spiro atoms. The van der Waals surface area contributed by atoms with Gasteiger partial charge in [-0.05, 0) is 51.3 Å². The summed E-state index contributed by atoms with van der Waals surface area (Å²) in [6.07, 6.45) is 8.33. The van der Waals surface area contributed by atoms with Crippen LogP contribution >= 0.6 is 0 Å². The Bertz CT molecular complexity index is 557. The molecule has 1 aromatic carbocycles. The van der Waals surface area contributed by atoms with E-state index in [4.69, 9.17) is 9.47 Å². The second kappa shape index (κ2) is 11.8. The Morgan fingerprint density at radius 3 is 2.68 bits per heavy atom. The van der Waals surface area contributed by atoms with Crippen LogP contribution in [0, 0.1) is 5.92 Å². The lowest BCUT2D eigenvalue weighted by molar-refractivity contribution is 0.0558. The van der Waals surface area contributed by atoms with E-state index in [0.717, 1.165) is 50.5 Å². The predicted octanol–water partition coefficient (Wildman–Crippen LogP) is 3.21. The first kappa shape index (κ1) is 21.6. The summed E-state index contributed by atoms with van der Waals surface area (Å²) in [6, 6.07) is 8.77. The summed E-state index contributed by atoms with van der Waals surface area (Å²) in [5.41, 5.74) is 1.15. The quantitative estimate of drug-likeness (QED) is 0.643. The third-order valence-electron chi connectivity index (χ3n) is 6.19. The second-order valence-corrected chi connectivity index (χ2v) is 8.49. The summed E-state index contributed by atoms with van der Waals surface area (Å²) in [7, 11) is 2.13. The van der Waals surface area contributed by atoms with E-state index in [9.17, 15) is 5.11 Å². The summed E-state index contributed by atoms with van der Waals surface area (Å²) in [5, 5.41) is 14.0. The number of hydrogen-bond acceptors (Lipinski definition) is 5. The monoisotopic (exact) mass is 390 g/mol. The van der Waals surface area contributed by atoms with Crippen LogP contribution in [0.15, 0.2) is 24.3 Å². The first-order valence-electron chi connectivity index (χ1n) is 11.1. The maximum atomic E-state index is 10.5. The number of aliphatic hydroxyl groups is 1. The van der Waals surface area contributed by atoms with Gasteiger partial charge in [-0.3, -0.25) is 0 Å². The Balaban J connectivity index is 1.40. The summed E-state index contributed by atoms with van der Waals surface area (Å²) in [4.78, 5) is 2.31. The molecule has 28 heavy (non-hydrogen) atoms. The van der Waals surface area contributed by atoms with Gasteiger partial charge in [-0.1, -0.05) is 37.5 Å². The van der Waals surface area contributed by atoms with Crippen LogP contribution in [-0.4, -0.2) is 62.1 Å². The fourth-order valence-electron chi connectivity index (χ4n) is 4.39. The van der Waals surface area contributed by atoms with Crippen LogP contribution in [0.5, 0.6) is 5.75 Å². The van der Waals surface area contributed by atoms with Crippen LogP contribution in [0.25, 0.3) is 0 Å². The van der Waals surface area contributed by atoms with Crippen molar-refractivity contribution in [1.29, 1.82) is 0 Å². The summed E-state index contributed by atoms with van der Waals surface area (Å²) in [5.74, 6) is 1.58. The number of ether oxygens (including phenoxy) is 2. The molecule has 1 heterocycles. The number of rotatable bonds is 10. The van der Waals surface area contributed by atoms with Crippen LogP contribution < -0.4 is 10.1 Å². The number of nitrogens with zero attached hydrogens (tertiary/aromatic N) is 1. The molecule has 0 bridgehead atoms. The molecule has 3 rings (SSSR count). The van der Waals surface area contributed by atoms with E-state index in [1.165, 1.54) is 32.1 Å². The normalized spacial score (nSPS) is 20.4. The molecule has 2 N–H and O–H groups in total. The maximum absolute atomic E-state index is 10.5. The first-order chi connectivity index (χ1) is 13.7. The molecule has 0 radical (unpaired) electrons. The van der Waals surface area contributed by atoms with Crippen molar-refractivity contribution in [3.8, 4) is 5.75 Å². The van der Waals surface area contributed by atoms with E-state index in [-0.39, 0.29) is 0 Å². The number of benzene rings is 1. The van der Waals surface area contributed by atoms with Gasteiger partial charge >= 0.3 is 0 Å². The lowest BCUT2D eigenvalue weighted by atomic mass is 9.94. The van der Waals surface area contributed by atoms with Crippen molar-refractivity contribution in [3.63, 3.8) is 0 Å². The Kier molecular flexibility index (Phi) is 9.06. The largest absolute Gasteiger partial charge is 0.491 e. The van der Waals surface area contributed by atoms with Crippen LogP contribution in [0.4, 0.5) is 0 Å². The van der Waals surface area contributed by atoms with Gasteiger partial charge < -0.3 is 24.8 Å². The predicted molar refractivity (Wildman–Crippen MR) is 113 cm³/mol. The Hall–Kier alpha value is -1.14. The van der Waals surface area contributed by atoms with Gasteiger partial charge in [-0.25, -0.2) is 0 Å². The van der Waals surface area contributed by atoms with Gasteiger partial charge in [0.15, 0.2) is 0 Å². The van der Waals surface area contributed by atoms with Gasteiger partial charge in [-0.2, -0.15) is 0 Å². The molecule has 5 nitrogen and oxygen atoms in total. The molecule has 1 saturated carbocycles. The van der Waals surface area contributed by atoms with Gasteiger partial charge in [-0.15, -0.1) is 0 Å². The van der Waals surface area contributed by atoms with Gasteiger partial charge in [0.1, 0.15) is 18.5 Å². The van der Waals surface area contributed by atoms with Gasteiger partial charge in [0.2, 0.25) is 0 Å². The van der Waals surface area contributed by atoms with Crippen molar-refractivity contribution in [2.45, 2.75) is 63.6 Å². The highest BCUT2D eigenvalue weighted by Gasteiger charge is 2.20. The minimum Gasteiger partial charge on any atom is -0.491 e.